The van der Waals surface area contributed by atoms with Crippen LogP contribution in [0.15, 0.2) is 30.3 Å². The van der Waals surface area contributed by atoms with Crippen molar-refractivity contribution in [3.8, 4) is 5.75 Å². The lowest BCUT2D eigenvalue weighted by Crippen LogP contribution is -2.40. The number of hydrogen-bond acceptors (Lipinski definition) is 3. The highest BCUT2D eigenvalue weighted by molar-refractivity contribution is 5.73. The van der Waals surface area contributed by atoms with Crippen LogP contribution in [0, 0.1) is 0 Å². The van der Waals surface area contributed by atoms with Gasteiger partial charge in [-0.05, 0) is 25.0 Å². The third-order valence-corrected chi connectivity index (χ3v) is 3.34. The Bertz CT molecular complexity index is 386. The predicted octanol–water partition coefficient (Wildman–Crippen LogP) is 2.09. The van der Waals surface area contributed by atoms with Gasteiger partial charge in [-0.1, -0.05) is 18.2 Å². The molecule has 0 atom stereocenters. The average Bonchev–Trinajstić information content (AvgIpc) is 2.45. The molecule has 0 N–H and O–H groups in total. The van der Waals surface area contributed by atoms with Crippen LogP contribution in [0.4, 0.5) is 0 Å². The molecule has 104 valence electrons. The first-order valence-corrected chi connectivity index (χ1v) is 6.80. The number of ether oxygens (including phenoxy) is 2. The zero-order valence-electron chi connectivity index (χ0n) is 11.4. The second-order valence-corrected chi connectivity index (χ2v) is 4.74. The predicted molar refractivity (Wildman–Crippen MR) is 73.2 cm³/mol. The molecule has 0 aromatic heterocycles. The molecule has 0 radical (unpaired) electrons. The highest BCUT2D eigenvalue weighted by atomic mass is 16.5. The fourth-order valence-corrected chi connectivity index (χ4v) is 2.23. The first-order chi connectivity index (χ1) is 9.25. The number of hydrogen-bond donors (Lipinski definition) is 0. The van der Waals surface area contributed by atoms with Crippen molar-refractivity contribution in [2.24, 2.45) is 0 Å². The molecule has 1 aromatic carbocycles. The van der Waals surface area contributed by atoms with Gasteiger partial charge in [0.05, 0.1) is 12.7 Å². The fourth-order valence-electron chi connectivity index (χ4n) is 2.23. The Labute approximate surface area is 114 Å². The topological polar surface area (TPSA) is 38.8 Å². The van der Waals surface area contributed by atoms with Gasteiger partial charge >= 0.3 is 0 Å². The van der Waals surface area contributed by atoms with Gasteiger partial charge in [0.2, 0.25) is 5.91 Å². The van der Waals surface area contributed by atoms with E-state index < -0.39 is 0 Å². The van der Waals surface area contributed by atoms with Crippen LogP contribution in [0.5, 0.6) is 5.75 Å². The number of amides is 1. The number of piperidine rings is 1. The van der Waals surface area contributed by atoms with Crippen LogP contribution in [0.25, 0.3) is 0 Å². The summed E-state index contributed by atoms with van der Waals surface area (Å²) in [6, 6.07) is 9.74. The Kier molecular flexibility index (Phi) is 5.21. The molecular formula is C15H21NO3. The van der Waals surface area contributed by atoms with Crippen molar-refractivity contribution in [1.29, 1.82) is 0 Å². The minimum absolute atomic E-state index is 0.158. The molecule has 1 fully saturated rings. The van der Waals surface area contributed by atoms with Gasteiger partial charge in [-0.2, -0.15) is 0 Å². The molecule has 0 bridgehead atoms. The summed E-state index contributed by atoms with van der Waals surface area (Å²) in [5.74, 6) is 1.03. The Balaban J connectivity index is 1.58. The molecule has 1 aliphatic rings. The van der Waals surface area contributed by atoms with Gasteiger partial charge in [-0.15, -0.1) is 0 Å². The van der Waals surface area contributed by atoms with Gasteiger partial charge in [0.1, 0.15) is 12.4 Å². The van der Waals surface area contributed by atoms with E-state index in [-0.39, 0.29) is 12.0 Å². The number of benzene rings is 1. The molecule has 0 unspecified atom stereocenters. The van der Waals surface area contributed by atoms with E-state index in [9.17, 15) is 4.79 Å². The van der Waals surface area contributed by atoms with E-state index in [2.05, 4.69) is 0 Å². The van der Waals surface area contributed by atoms with Crippen LogP contribution >= 0.6 is 0 Å². The standard InChI is InChI=1S/C15H21NO3/c1-13(17)16-9-7-15(8-10-16)19-12-11-18-14-5-3-2-4-6-14/h2-6,15H,7-12H2,1H3. The number of para-hydroxylation sites is 1. The van der Waals surface area contributed by atoms with Gasteiger partial charge in [-0.25, -0.2) is 0 Å². The minimum atomic E-state index is 0.158. The SMILES string of the molecule is CC(=O)N1CCC(OCCOc2ccccc2)CC1. The van der Waals surface area contributed by atoms with E-state index in [0.717, 1.165) is 31.7 Å². The van der Waals surface area contributed by atoms with Crippen molar-refractivity contribution >= 4 is 5.91 Å². The summed E-state index contributed by atoms with van der Waals surface area (Å²) in [5, 5.41) is 0. The molecule has 1 amide bonds. The lowest BCUT2D eigenvalue weighted by Gasteiger charge is -2.31. The van der Waals surface area contributed by atoms with Crippen molar-refractivity contribution < 1.29 is 14.3 Å². The van der Waals surface area contributed by atoms with E-state index >= 15 is 0 Å². The Hall–Kier alpha value is -1.55. The van der Waals surface area contributed by atoms with E-state index in [4.69, 9.17) is 9.47 Å². The summed E-state index contributed by atoms with van der Waals surface area (Å²) < 4.78 is 11.3. The van der Waals surface area contributed by atoms with Gasteiger partial charge in [-0.3, -0.25) is 4.79 Å². The molecule has 1 aromatic rings. The molecule has 0 spiro atoms. The van der Waals surface area contributed by atoms with Crippen LogP contribution in [-0.2, 0) is 9.53 Å². The highest BCUT2D eigenvalue weighted by Crippen LogP contribution is 2.14. The zero-order valence-corrected chi connectivity index (χ0v) is 11.4. The Morgan fingerprint density at radius 3 is 2.53 bits per heavy atom. The van der Waals surface area contributed by atoms with E-state index in [1.54, 1.807) is 6.92 Å². The molecule has 2 rings (SSSR count). The summed E-state index contributed by atoms with van der Waals surface area (Å²) in [6.07, 6.45) is 2.10. The van der Waals surface area contributed by atoms with Gasteiger partial charge in [0, 0.05) is 20.0 Å². The zero-order chi connectivity index (χ0) is 13.5. The number of carbonyl (C=O) groups excluding carboxylic acids is 1. The highest BCUT2D eigenvalue weighted by Gasteiger charge is 2.20. The molecule has 1 saturated heterocycles. The number of rotatable bonds is 5. The lowest BCUT2D eigenvalue weighted by atomic mass is 10.1. The number of likely N-dealkylation sites (tertiary alicyclic amines) is 1. The minimum Gasteiger partial charge on any atom is -0.491 e. The molecule has 4 heteroatoms. The monoisotopic (exact) mass is 263 g/mol. The first kappa shape index (κ1) is 13.9. The smallest absolute Gasteiger partial charge is 0.219 e. The number of nitrogens with zero attached hydrogens (tertiary/aromatic N) is 1. The summed E-state index contributed by atoms with van der Waals surface area (Å²) in [5.41, 5.74) is 0. The normalized spacial score (nSPS) is 16.4. The maximum Gasteiger partial charge on any atom is 0.219 e. The fraction of sp³-hybridized carbons (Fsp3) is 0.533. The summed E-state index contributed by atoms with van der Waals surface area (Å²) in [6.45, 7) is 4.39. The van der Waals surface area contributed by atoms with Crippen molar-refractivity contribution in [3.63, 3.8) is 0 Å². The molecule has 4 nitrogen and oxygen atoms in total. The first-order valence-electron chi connectivity index (χ1n) is 6.80. The molecule has 19 heavy (non-hydrogen) atoms. The van der Waals surface area contributed by atoms with Crippen molar-refractivity contribution in [2.45, 2.75) is 25.9 Å². The summed E-state index contributed by atoms with van der Waals surface area (Å²) >= 11 is 0. The average molecular weight is 263 g/mol. The second-order valence-electron chi connectivity index (χ2n) is 4.74. The van der Waals surface area contributed by atoms with Crippen molar-refractivity contribution in [3.05, 3.63) is 30.3 Å². The van der Waals surface area contributed by atoms with Crippen LogP contribution in [0.3, 0.4) is 0 Å². The molecule has 1 heterocycles. The van der Waals surface area contributed by atoms with E-state index in [0.29, 0.717) is 13.2 Å². The Morgan fingerprint density at radius 2 is 1.89 bits per heavy atom. The van der Waals surface area contributed by atoms with Crippen LogP contribution in [-0.4, -0.2) is 43.2 Å². The number of carbonyl (C=O) groups is 1. The largest absolute Gasteiger partial charge is 0.491 e. The van der Waals surface area contributed by atoms with Crippen molar-refractivity contribution in [2.75, 3.05) is 26.3 Å². The molecular weight excluding hydrogens is 242 g/mol. The van der Waals surface area contributed by atoms with Crippen LogP contribution in [0.1, 0.15) is 19.8 Å². The van der Waals surface area contributed by atoms with Crippen LogP contribution < -0.4 is 4.74 Å². The van der Waals surface area contributed by atoms with Gasteiger partial charge in [0.25, 0.3) is 0 Å². The molecule has 1 aliphatic heterocycles. The van der Waals surface area contributed by atoms with Gasteiger partial charge in [0.15, 0.2) is 0 Å². The maximum absolute atomic E-state index is 11.2. The maximum atomic E-state index is 11.2. The summed E-state index contributed by atoms with van der Waals surface area (Å²) in [7, 11) is 0. The van der Waals surface area contributed by atoms with Crippen LogP contribution in [0.2, 0.25) is 0 Å². The Morgan fingerprint density at radius 1 is 1.21 bits per heavy atom. The quantitative estimate of drug-likeness (QED) is 0.764. The van der Waals surface area contributed by atoms with Crippen molar-refractivity contribution in [1.82, 2.24) is 4.90 Å². The van der Waals surface area contributed by atoms with Gasteiger partial charge < -0.3 is 14.4 Å². The lowest BCUT2D eigenvalue weighted by molar-refractivity contribution is -0.131. The molecule has 0 aliphatic carbocycles. The third kappa shape index (κ3) is 4.56. The van der Waals surface area contributed by atoms with E-state index in [1.807, 2.05) is 35.2 Å². The molecule has 0 saturated carbocycles. The van der Waals surface area contributed by atoms with E-state index in [1.165, 1.54) is 0 Å². The summed E-state index contributed by atoms with van der Waals surface area (Å²) in [4.78, 5) is 13.1. The third-order valence-electron chi connectivity index (χ3n) is 3.34. The second kappa shape index (κ2) is 7.14.